The van der Waals surface area contributed by atoms with Crippen molar-refractivity contribution >= 4 is 23.4 Å². The fourth-order valence-electron chi connectivity index (χ4n) is 4.06. The molecule has 0 bridgehead atoms. The molecule has 4 rings (SSSR count). The summed E-state index contributed by atoms with van der Waals surface area (Å²) in [6, 6.07) is 15.0. The smallest absolute Gasteiger partial charge is 0.262 e. The van der Waals surface area contributed by atoms with Crippen LogP contribution in [0.2, 0.25) is 0 Å². The zero-order chi connectivity index (χ0) is 22.0. The van der Waals surface area contributed by atoms with Crippen LogP contribution in [0.3, 0.4) is 0 Å². The van der Waals surface area contributed by atoms with Gasteiger partial charge in [0.2, 0.25) is 11.8 Å². The molecule has 0 unspecified atom stereocenters. The Balaban J connectivity index is 1.68. The third-order valence-corrected chi connectivity index (χ3v) is 6.50. The van der Waals surface area contributed by atoms with Gasteiger partial charge in [-0.05, 0) is 42.0 Å². The van der Waals surface area contributed by atoms with Gasteiger partial charge in [0, 0.05) is 12.2 Å². The second-order valence-electron chi connectivity index (χ2n) is 7.42. The van der Waals surface area contributed by atoms with Gasteiger partial charge in [0.1, 0.15) is 0 Å². The van der Waals surface area contributed by atoms with Crippen LogP contribution in [-0.2, 0) is 24.1 Å². The van der Waals surface area contributed by atoms with Crippen molar-refractivity contribution < 1.29 is 9.90 Å². The van der Waals surface area contributed by atoms with Crippen LogP contribution in [0.5, 0.6) is 5.88 Å². The Morgan fingerprint density at radius 3 is 2.52 bits per heavy atom. The minimum Gasteiger partial charge on any atom is -0.493 e. The lowest BCUT2D eigenvalue weighted by Gasteiger charge is -2.20. The normalized spacial score (nSPS) is 12.8. The number of anilines is 1. The van der Waals surface area contributed by atoms with E-state index in [9.17, 15) is 14.7 Å². The van der Waals surface area contributed by atoms with E-state index in [1.54, 1.807) is 4.90 Å². The van der Waals surface area contributed by atoms with Gasteiger partial charge in [-0.25, -0.2) is 0 Å². The lowest BCUT2D eigenvalue weighted by Crippen LogP contribution is -2.31. The molecule has 2 aromatic carbocycles. The van der Waals surface area contributed by atoms with Crippen LogP contribution in [0.25, 0.3) is 5.69 Å². The number of hydrogen-bond donors (Lipinski definition) is 1. The summed E-state index contributed by atoms with van der Waals surface area (Å²) >= 11 is 1.18. The quantitative estimate of drug-likeness (QED) is 0.472. The summed E-state index contributed by atoms with van der Waals surface area (Å²) < 4.78 is 1.53. The molecule has 0 radical (unpaired) electrons. The third-order valence-electron chi connectivity index (χ3n) is 5.58. The minimum atomic E-state index is -0.357. The summed E-state index contributed by atoms with van der Waals surface area (Å²) in [6.45, 7) is 4.73. The number of aromatic hydroxyl groups is 1. The van der Waals surface area contributed by atoms with E-state index in [2.05, 4.69) is 4.98 Å². The number of carbonyl (C=O) groups excluding carboxylic acids is 1. The van der Waals surface area contributed by atoms with E-state index in [0.29, 0.717) is 11.7 Å². The van der Waals surface area contributed by atoms with E-state index in [4.69, 9.17) is 0 Å². The fraction of sp³-hybridized carbons (Fsp3) is 0.292. The first-order valence-electron chi connectivity index (χ1n) is 10.5. The number of hydrogen-bond acceptors (Lipinski definition) is 5. The van der Waals surface area contributed by atoms with Crippen LogP contribution in [0, 0.1) is 0 Å². The summed E-state index contributed by atoms with van der Waals surface area (Å²) in [7, 11) is 0. The Morgan fingerprint density at radius 2 is 1.81 bits per heavy atom. The summed E-state index contributed by atoms with van der Waals surface area (Å²) in [4.78, 5) is 31.9. The van der Waals surface area contributed by atoms with E-state index < -0.39 is 0 Å². The zero-order valence-corrected chi connectivity index (χ0v) is 18.5. The molecule has 0 fully saturated rings. The lowest BCUT2D eigenvalue weighted by molar-refractivity contribution is -0.116. The Bertz CT molecular complexity index is 1170. The van der Waals surface area contributed by atoms with Crippen molar-refractivity contribution in [2.75, 3.05) is 17.2 Å². The summed E-state index contributed by atoms with van der Waals surface area (Å²) in [5.41, 5.74) is 4.60. The van der Waals surface area contributed by atoms with Crippen LogP contribution < -0.4 is 10.5 Å². The van der Waals surface area contributed by atoms with Crippen LogP contribution in [0.4, 0.5) is 5.69 Å². The molecule has 1 aromatic heterocycles. The Labute approximate surface area is 185 Å². The number of fused-ring (bicyclic) bond motifs is 1. The maximum Gasteiger partial charge on any atom is 0.262 e. The van der Waals surface area contributed by atoms with Gasteiger partial charge in [-0.1, -0.05) is 62.0 Å². The molecule has 160 valence electrons. The highest BCUT2D eigenvalue weighted by molar-refractivity contribution is 7.99. The molecule has 0 spiro atoms. The standard InChI is InChI=1S/C24H25N3O3S/c1-3-16-9-7-10-17(4-2)23(16)27-21(29)14-20(28)25-24(27)31-15-22(30)26-13-12-18-8-5-6-11-19(18)26/h5-11,14,28H,3-4,12-13,15H2,1-2H3. The van der Waals surface area contributed by atoms with Crippen molar-refractivity contribution in [3.05, 3.63) is 75.6 Å². The van der Waals surface area contributed by atoms with Gasteiger partial charge in [-0.15, -0.1) is 0 Å². The second kappa shape index (κ2) is 8.98. The van der Waals surface area contributed by atoms with E-state index in [-0.39, 0.29) is 23.1 Å². The van der Waals surface area contributed by atoms with Gasteiger partial charge in [0.25, 0.3) is 5.56 Å². The van der Waals surface area contributed by atoms with Crippen LogP contribution in [-0.4, -0.2) is 32.9 Å². The number of carbonyl (C=O) groups is 1. The van der Waals surface area contributed by atoms with E-state index >= 15 is 0 Å². The van der Waals surface area contributed by atoms with Crippen molar-refractivity contribution in [3.8, 4) is 11.6 Å². The first kappa shape index (κ1) is 21.2. The molecule has 1 aliphatic rings. The molecule has 1 N–H and O–H groups in total. The van der Waals surface area contributed by atoms with Gasteiger partial charge >= 0.3 is 0 Å². The molecule has 0 aliphatic carbocycles. The highest BCUT2D eigenvalue weighted by Gasteiger charge is 2.25. The first-order chi connectivity index (χ1) is 15.0. The number of benzene rings is 2. The molecule has 0 saturated heterocycles. The minimum absolute atomic E-state index is 0.0430. The molecule has 2 heterocycles. The van der Waals surface area contributed by atoms with Crippen molar-refractivity contribution in [2.24, 2.45) is 0 Å². The molecular weight excluding hydrogens is 410 g/mol. The van der Waals surface area contributed by atoms with Crippen molar-refractivity contribution in [1.29, 1.82) is 0 Å². The van der Waals surface area contributed by atoms with Crippen LogP contribution in [0.15, 0.2) is 58.5 Å². The molecular formula is C24H25N3O3S. The van der Waals surface area contributed by atoms with Gasteiger partial charge in [-0.2, -0.15) is 4.98 Å². The van der Waals surface area contributed by atoms with Crippen molar-refractivity contribution in [2.45, 2.75) is 38.3 Å². The third kappa shape index (κ3) is 4.10. The monoisotopic (exact) mass is 435 g/mol. The van der Waals surface area contributed by atoms with Gasteiger partial charge < -0.3 is 10.0 Å². The Morgan fingerprint density at radius 1 is 1.10 bits per heavy atom. The molecule has 1 amide bonds. The zero-order valence-electron chi connectivity index (χ0n) is 17.7. The van der Waals surface area contributed by atoms with Crippen molar-refractivity contribution in [1.82, 2.24) is 9.55 Å². The predicted octanol–water partition coefficient (Wildman–Crippen LogP) is 3.74. The van der Waals surface area contributed by atoms with E-state index in [1.807, 2.05) is 56.3 Å². The van der Waals surface area contributed by atoms with Crippen LogP contribution >= 0.6 is 11.8 Å². The average molecular weight is 436 g/mol. The number of rotatable bonds is 6. The topological polar surface area (TPSA) is 75.4 Å². The lowest BCUT2D eigenvalue weighted by atomic mass is 10.0. The molecule has 0 atom stereocenters. The maximum absolute atomic E-state index is 13.0. The number of amides is 1. The summed E-state index contributed by atoms with van der Waals surface area (Å²) in [5, 5.41) is 10.3. The highest BCUT2D eigenvalue weighted by Crippen LogP contribution is 2.30. The number of nitrogens with zero attached hydrogens (tertiary/aromatic N) is 3. The molecule has 7 heteroatoms. The second-order valence-corrected chi connectivity index (χ2v) is 8.36. The van der Waals surface area contributed by atoms with E-state index in [0.717, 1.165) is 53.4 Å². The highest BCUT2D eigenvalue weighted by atomic mass is 32.2. The fourth-order valence-corrected chi connectivity index (χ4v) is 4.93. The maximum atomic E-state index is 13.0. The largest absolute Gasteiger partial charge is 0.493 e. The van der Waals surface area contributed by atoms with Crippen molar-refractivity contribution in [3.63, 3.8) is 0 Å². The molecule has 3 aromatic rings. The number of aromatic nitrogens is 2. The van der Waals surface area contributed by atoms with E-state index in [1.165, 1.54) is 16.3 Å². The molecule has 0 saturated carbocycles. The van der Waals surface area contributed by atoms with Gasteiger partial charge in [-0.3, -0.25) is 14.2 Å². The SMILES string of the molecule is CCc1cccc(CC)c1-n1c(SCC(=O)N2CCc3ccccc32)nc(O)cc1=O. The summed E-state index contributed by atoms with van der Waals surface area (Å²) in [5.74, 6) is -0.256. The first-order valence-corrected chi connectivity index (χ1v) is 11.5. The number of aryl methyl sites for hydroxylation is 2. The van der Waals surface area contributed by atoms with Crippen LogP contribution in [0.1, 0.15) is 30.5 Å². The Kier molecular flexibility index (Phi) is 6.13. The number of para-hydroxylation sites is 2. The number of thioether (sulfide) groups is 1. The molecule has 31 heavy (non-hydrogen) atoms. The average Bonchev–Trinajstić information content (AvgIpc) is 3.21. The van der Waals surface area contributed by atoms with Gasteiger partial charge in [0.05, 0.1) is 17.5 Å². The summed E-state index contributed by atoms with van der Waals surface area (Å²) in [6.07, 6.45) is 2.35. The predicted molar refractivity (Wildman–Crippen MR) is 123 cm³/mol. The Hall–Kier alpha value is -3.06. The molecule has 1 aliphatic heterocycles. The van der Waals surface area contributed by atoms with Gasteiger partial charge in [0.15, 0.2) is 5.16 Å². The molecule has 6 nitrogen and oxygen atoms in total.